The van der Waals surface area contributed by atoms with Gasteiger partial charge >= 0.3 is 0 Å². The molecule has 0 saturated carbocycles. The molecule has 0 atom stereocenters. The lowest BCUT2D eigenvalue weighted by molar-refractivity contribution is 0.553. The third-order valence-electron chi connectivity index (χ3n) is 2.70. The van der Waals surface area contributed by atoms with Crippen molar-refractivity contribution in [2.75, 3.05) is 13.1 Å². The highest BCUT2D eigenvalue weighted by Crippen LogP contribution is 2.10. The van der Waals surface area contributed by atoms with Gasteiger partial charge in [0.05, 0.1) is 17.6 Å². The summed E-state index contributed by atoms with van der Waals surface area (Å²) >= 11 is 0. The van der Waals surface area contributed by atoms with E-state index in [1.54, 1.807) is 23.1 Å². The van der Waals surface area contributed by atoms with Crippen LogP contribution in [0.25, 0.3) is 0 Å². The standard InChI is InChI=1S/C11H18N6O2S/c1-2-12-8-10-7-11(9-13-10)20(18,19)15-4-6-17-5-3-14-16-17/h3,5,7,9,12-13,15H,2,4,6,8H2,1H3. The van der Waals surface area contributed by atoms with Crippen molar-refractivity contribution in [1.82, 2.24) is 30.0 Å². The number of aromatic nitrogens is 4. The first-order chi connectivity index (χ1) is 9.62. The molecule has 0 amide bonds. The van der Waals surface area contributed by atoms with E-state index in [2.05, 4.69) is 25.3 Å². The Kier molecular flexibility index (Phi) is 4.88. The van der Waals surface area contributed by atoms with E-state index >= 15 is 0 Å². The van der Waals surface area contributed by atoms with Gasteiger partial charge in [0.1, 0.15) is 0 Å². The van der Waals surface area contributed by atoms with Gasteiger partial charge in [0.25, 0.3) is 0 Å². The monoisotopic (exact) mass is 298 g/mol. The van der Waals surface area contributed by atoms with Gasteiger partial charge in [0, 0.05) is 31.2 Å². The van der Waals surface area contributed by atoms with Crippen LogP contribution in [0.3, 0.4) is 0 Å². The molecule has 0 radical (unpaired) electrons. The third kappa shape index (κ3) is 3.89. The van der Waals surface area contributed by atoms with Crippen LogP contribution < -0.4 is 10.0 Å². The molecule has 0 aliphatic rings. The molecule has 110 valence electrons. The van der Waals surface area contributed by atoms with Gasteiger partial charge in [-0.2, -0.15) is 0 Å². The molecule has 2 rings (SSSR count). The highest BCUT2D eigenvalue weighted by molar-refractivity contribution is 7.89. The number of H-pyrrole nitrogens is 1. The Morgan fingerprint density at radius 3 is 3.00 bits per heavy atom. The molecule has 0 unspecified atom stereocenters. The van der Waals surface area contributed by atoms with E-state index in [1.807, 2.05) is 6.92 Å². The molecule has 2 aromatic rings. The van der Waals surface area contributed by atoms with E-state index in [-0.39, 0.29) is 11.4 Å². The van der Waals surface area contributed by atoms with Gasteiger partial charge in [-0.1, -0.05) is 12.1 Å². The van der Waals surface area contributed by atoms with E-state index in [0.717, 1.165) is 12.2 Å². The summed E-state index contributed by atoms with van der Waals surface area (Å²) in [6, 6.07) is 1.63. The van der Waals surface area contributed by atoms with Crippen LogP contribution in [-0.4, -0.2) is 41.5 Å². The predicted octanol–water partition coefficient (Wildman–Crippen LogP) is -0.306. The first-order valence-electron chi connectivity index (χ1n) is 6.33. The second-order valence-corrected chi connectivity index (χ2v) is 5.97. The average molecular weight is 298 g/mol. The first-order valence-corrected chi connectivity index (χ1v) is 7.82. The van der Waals surface area contributed by atoms with Gasteiger partial charge in [-0.3, -0.25) is 4.68 Å². The van der Waals surface area contributed by atoms with Crippen LogP contribution in [0.5, 0.6) is 0 Å². The molecule has 20 heavy (non-hydrogen) atoms. The summed E-state index contributed by atoms with van der Waals surface area (Å²) in [5, 5.41) is 10.5. The summed E-state index contributed by atoms with van der Waals surface area (Å²) in [4.78, 5) is 3.18. The van der Waals surface area contributed by atoms with Crippen molar-refractivity contribution in [1.29, 1.82) is 0 Å². The molecule has 9 heteroatoms. The number of hydrogen-bond donors (Lipinski definition) is 3. The lowest BCUT2D eigenvalue weighted by Crippen LogP contribution is -2.27. The maximum absolute atomic E-state index is 12.1. The summed E-state index contributed by atoms with van der Waals surface area (Å²) in [5.41, 5.74) is 0.837. The van der Waals surface area contributed by atoms with Crippen molar-refractivity contribution in [3.05, 3.63) is 30.4 Å². The second-order valence-electron chi connectivity index (χ2n) is 4.20. The van der Waals surface area contributed by atoms with E-state index in [9.17, 15) is 8.42 Å². The average Bonchev–Trinajstić information content (AvgIpc) is 3.07. The summed E-state index contributed by atoms with van der Waals surface area (Å²) in [5.74, 6) is 0. The number of sulfonamides is 1. The fourth-order valence-corrected chi connectivity index (χ4v) is 2.70. The van der Waals surface area contributed by atoms with Crippen molar-refractivity contribution in [3.8, 4) is 0 Å². The van der Waals surface area contributed by atoms with Crippen LogP contribution in [0.2, 0.25) is 0 Å². The molecular formula is C11H18N6O2S. The molecule has 0 saturated heterocycles. The molecule has 3 N–H and O–H groups in total. The van der Waals surface area contributed by atoms with Crippen molar-refractivity contribution >= 4 is 10.0 Å². The molecule has 0 aliphatic carbocycles. The zero-order valence-corrected chi connectivity index (χ0v) is 12.0. The Morgan fingerprint density at radius 1 is 1.45 bits per heavy atom. The highest BCUT2D eigenvalue weighted by Gasteiger charge is 2.15. The van der Waals surface area contributed by atoms with E-state index in [1.165, 1.54) is 6.20 Å². The predicted molar refractivity (Wildman–Crippen MR) is 73.4 cm³/mol. The quantitative estimate of drug-likeness (QED) is 0.620. The van der Waals surface area contributed by atoms with Crippen molar-refractivity contribution in [3.63, 3.8) is 0 Å². The van der Waals surface area contributed by atoms with Crippen LogP contribution in [0.1, 0.15) is 12.6 Å². The minimum atomic E-state index is -3.49. The fraction of sp³-hybridized carbons (Fsp3) is 0.455. The number of nitrogens with zero attached hydrogens (tertiary/aromatic N) is 3. The van der Waals surface area contributed by atoms with E-state index < -0.39 is 10.0 Å². The van der Waals surface area contributed by atoms with Crippen LogP contribution in [0, 0.1) is 0 Å². The maximum atomic E-state index is 12.1. The Morgan fingerprint density at radius 2 is 2.30 bits per heavy atom. The van der Waals surface area contributed by atoms with Crippen LogP contribution >= 0.6 is 0 Å². The minimum absolute atomic E-state index is 0.240. The van der Waals surface area contributed by atoms with Crippen molar-refractivity contribution in [2.45, 2.75) is 24.9 Å². The number of hydrogen-bond acceptors (Lipinski definition) is 5. The third-order valence-corrected chi connectivity index (χ3v) is 4.14. The zero-order chi connectivity index (χ0) is 14.4. The molecule has 0 spiro atoms. The van der Waals surface area contributed by atoms with Gasteiger partial charge in [-0.05, 0) is 12.6 Å². The first kappa shape index (κ1) is 14.7. The summed E-state index contributed by atoms with van der Waals surface area (Å²) < 4.78 is 28.2. The Labute approximate surface area is 117 Å². The summed E-state index contributed by atoms with van der Waals surface area (Å²) in [7, 11) is -3.49. The largest absolute Gasteiger partial charge is 0.363 e. The number of aromatic amines is 1. The molecule has 0 aliphatic heterocycles. The lowest BCUT2D eigenvalue weighted by Gasteiger charge is -2.04. The summed E-state index contributed by atoms with van der Waals surface area (Å²) in [6.45, 7) is 4.14. The highest BCUT2D eigenvalue weighted by atomic mass is 32.2. The molecule has 0 aromatic carbocycles. The van der Waals surface area contributed by atoms with Crippen LogP contribution in [-0.2, 0) is 23.1 Å². The van der Waals surface area contributed by atoms with Crippen LogP contribution in [0.15, 0.2) is 29.6 Å². The second kappa shape index (κ2) is 6.64. The molecule has 0 fully saturated rings. The summed E-state index contributed by atoms with van der Waals surface area (Å²) in [6.07, 6.45) is 4.72. The molecule has 2 aromatic heterocycles. The molecule has 2 heterocycles. The van der Waals surface area contributed by atoms with Crippen molar-refractivity contribution in [2.24, 2.45) is 0 Å². The molecule has 0 bridgehead atoms. The maximum Gasteiger partial charge on any atom is 0.242 e. The van der Waals surface area contributed by atoms with E-state index in [4.69, 9.17) is 0 Å². The van der Waals surface area contributed by atoms with Gasteiger partial charge < -0.3 is 10.3 Å². The topological polar surface area (TPSA) is 105 Å². The lowest BCUT2D eigenvalue weighted by atomic mass is 10.4. The van der Waals surface area contributed by atoms with Crippen molar-refractivity contribution < 1.29 is 8.42 Å². The Balaban J connectivity index is 1.90. The van der Waals surface area contributed by atoms with Crippen LogP contribution in [0.4, 0.5) is 0 Å². The molecular weight excluding hydrogens is 280 g/mol. The number of nitrogens with one attached hydrogen (secondary N) is 3. The zero-order valence-electron chi connectivity index (χ0n) is 11.2. The molecule has 8 nitrogen and oxygen atoms in total. The van der Waals surface area contributed by atoms with Gasteiger partial charge in [0.2, 0.25) is 10.0 Å². The minimum Gasteiger partial charge on any atom is -0.363 e. The van der Waals surface area contributed by atoms with Gasteiger partial charge in [-0.15, -0.1) is 5.10 Å². The normalized spacial score (nSPS) is 11.8. The van der Waals surface area contributed by atoms with Gasteiger partial charge in [-0.25, -0.2) is 13.1 Å². The Bertz CT molecular complexity index is 619. The van der Waals surface area contributed by atoms with Gasteiger partial charge in [0.15, 0.2) is 0 Å². The van der Waals surface area contributed by atoms with E-state index in [0.29, 0.717) is 13.1 Å². The smallest absolute Gasteiger partial charge is 0.242 e. The fourth-order valence-electron chi connectivity index (χ4n) is 1.67. The Hall–Kier alpha value is -1.71. The number of rotatable bonds is 8. The SMILES string of the molecule is CCNCc1cc(S(=O)(=O)NCCn2ccnn2)c[nH]1.